The molecule has 218 valence electrons. The summed E-state index contributed by atoms with van der Waals surface area (Å²) in [7, 11) is -0.329. The fourth-order valence-corrected chi connectivity index (χ4v) is 5.48. The molecule has 10 heteroatoms. The van der Waals surface area contributed by atoms with Gasteiger partial charge in [0, 0.05) is 31.5 Å². The summed E-state index contributed by atoms with van der Waals surface area (Å²) in [5.41, 5.74) is -3.07. The van der Waals surface area contributed by atoms with Gasteiger partial charge in [-0.2, -0.15) is 0 Å². The van der Waals surface area contributed by atoms with Gasteiger partial charge in [-0.15, -0.1) is 0 Å². The minimum absolute atomic E-state index is 0.183. The second-order valence-electron chi connectivity index (χ2n) is 14.0. The van der Waals surface area contributed by atoms with E-state index in [9.17, 15) is 14.4 Å². The first-order valence-electron chi connectivity index (χ1n) is 14.1. The van der Waals surface area contributed by atoms with Gasteiger partial charge in [0.15, 0.2) is 0 Å². The van der Waals surface area contributed by atoms with E-state index in [1.165, 1.54) is 6.92 Å². The fraction of sp³-hybridized carbons (Fsp3) is 0.893. The van der Waals surface area contributed by atoms with E-state index in [1.807, 2.05) is 76.2 Å². The van der Waals surface area contributed by atoms with Gasteiger partial charge in [-0.1, -0.05) is 6.42 Å². The Morgan fingerprint density at radius 2 is 1.58 bits per heavy atom. The van der Waals surface area contributed by atoms with Crippen molar-refractivity contribution in [2.75, 3.05) is 6.54 Å². The van der Waals surface area contributed by atoms with Gasteiger partial charge in [0.25, 0.3) is 0 Å². The van der Waals surface area contributed by atoms with Crippen molar-refractivity contribution in [2.45, 2.75) is 149 Å². The maximum absolute atomic E-state index is 13.9. The third kappa shape index (κ3) is 7.87. The number of ether oxygens (including phenoxy) is 1. The maximum atomic E-state index is 13.9. The zero-order chi connectivity index (χ0) is 29.3. The Hall–Kier alpha value is -1.81. The average molecular weight is 538 g/mol. The monoisotopic (exact) mass is 537 g/mol. The molecule has 1 heterocycles. The third-order valence-electron chi connectivity index (χ3n) is 7.81. The van der Waals surface area contributed by atoms with Crippen LogP contribution in [0.2, 0.25) is 6.32 Å². The van der Waals surface area contributed by atoms with Crippen molar-refractivity contribution in [3.63, 3.8) is 0 Å². The predicted molar refractivity (Wildman–Crippen MR) is 150 cm³/mol. The molecule has 2 fully saturated rings. The van der Waals surface area contributed by atoms with Crippen LogP contribution in [0.25, 0.3) is 0 Å². The SMILES string of the molecule is CCN(C(=O)OC(C)(C)C)[C@@H]1CC(CCCB2OC(C)(C)C(C)(C)O2)[C@](NC(C)=O)(C(=O)NC(C)(C)C)C1. The van der Waals surface area contributed by atoms with E-state index < -0.39 is 34.0 Å². The second-order valence-corrected chi connectivity index (χ2v) is 14.0. The third-order valence-corrected chi connectivity index (χ3v) is 7.81. The molecular weight excluding hydrogens is 485 g/mol. The summed E-state index contributed by atoms with van der Waals surface area (Å²) in [4.78, 5) is 41.1. The molecule has 1 aliphatic carbocycles. The summed E-state index contributed by atoms with van der Waals surface area (Å²) in [6.45, 7) is 23.2. The summed E-state index contributed by atoms with van der Waals surface area (Å²) in [6, 6.07) is -0.255. The van der Waals surface area contributed by atoms with Crippen molar-refractivity contribution in [1.82, 2.24) is 15.5 Å². The minimum atomic E-state index is -1.14. The predicted octanol–water partition coefficient (Wildman–Crippen LogP) is 4.68. The zero-order valence-corrected chi connectivity index (χ0v) is 25.9. The molecule has 0 aromatic rings. The lowest BCUT2D eigenvalue weighted by atomic mass is 9.77. The van der Waals surface area contributed by atoms with Crippen LogP contribution < -0.4 is 10.6 Å². The van der Waals surface area contributed by atoms with Gasteiger partial charge in [-0.25, -0.2) is 4.79 Å². The Bertz CT molecular complexity index is 863. The standard InChI is InChI=1S/C28H52BN3O6/c1-13-32(23(35)36-25(6,7)8)21-17-20(15-14-16-29-37-26(9,10)27(11,12)38-29)28(18-21,30-19(2)33)22(34)31-24(3,4)5/h20-21H,13-18H2,1-12H3,(H,30,33)(H,31,34)/t20?,21-,28+/m1/s1. The van der Waals surface area contributed by atoms with Crippen LogP contribution in [0.3, 0.4) is 0 Å². The lowest BCUT2D eigenvalue weighted by molar-refractivity contribution is -0.136. The lowest BCUT2D eigenvalue weighted by Crippen LogP contribution is -2.63. The number of hydrogen-bond acceptors (Lipinski definition) is 6. The summed E-state index contributed by atoms with van der Waals surface area (Å²) in [5.74, 6) is -0.674. The van der Waals surface area contributed by atoms with E-state index in [-0.39, 0.29) is 30.9 Å². The number of carbonyl (C=O) groups excluding carboxylic acids is 3. The lowest BCUT2D eigenvalue weighted by Gasteiger charge is -2.38. The molecule has 1 saturated heterocycles. The summed E-state index contributed by atoms with van der Waals surface area (Å²) < 4.78 is 18.0. The van der Waals surface area contributed by atoms with Crippen LogP contribution in [0.1, 0.15) is 109 Å². The Morgan fingerprint density at radius 1 is 1.03 bits per heavy atom. The van der Waals surface area contributed by atoms with E-state index in [1.54, 1.807) is 4.90 Å². The van der Waals surface area contributed by atoms with Crippen LogP contribution in [0.15, 0.2) is 0 Å². The first-order valence-corrected chi connectivity index (χ1v) is 14.1. The molecule has 38 heavy (non-hydrogen) atoms. The number of amides is 3. The van der Waals surface area contributed by atoms with Crippen molar-refractivity contribution in [1.29, 1.82) is 0 Å². The second kappa shape index (κ2) is 11.4. The minimum Gasteiger partial charge on any atom is -0.444 e. The highest BCUT2D eigenvalue weighted by Gasteiger charge is 2.56. The molecular formula is C28H52BN3O6. The first-order chi connectivity index (χ1) is 17.1. The van der Waals surface area contributed by atoms with Gasteiger partial charge < -0.3 is 29.6 Å². The van der Waals surface area contributed by atoms with Crippen LogP contribution in [0, 0.1) is 5.92 Å². The van der Waals surface area contributed by atoms with E-state index in [4.69, 9.17) is 14.0 Å². The summed E-state index contributed by atoms with van der Waals surface area (Å²) in [6.07, 6.45) is 2.59. The number of nitrogens with one attached hydrogen (secondary N) is 2. The molecule has 3 atom stereocenters. The van der Waals surface area contributed by atoms with Gasteiger partial charge >= 0.3 is 13.2 Å². The Balaban J connectivity index is 2.32. The van der Waals surface area contributed by atoms with E-state index in [2.05, 4.69) is 10.6 Å². The molecule has 9 nitrogen and oxygen atoms in total. The molecule has 0 radical (unpaired) electrons. The number of rotatable bonds is 8. The average Bonchev–Trinajstić information content (AvgIpc) is 3.13. The molecule has 0 aromatic heterocycles. The number of nitrogens with zero attached hydrogens (tertiary/aromatic N) is 1. The highest BCUT2D eigenvalue weighted by molar-refractivity contribution is 6.45. The van der Waals surface area contributed by atoms with Gasteiger partial charge in [-0.3, -0.25) is 9.59 Å². The molecule has 1 unspecified atom stereocenters. The van der Waals surface area contributed by atoms with Gasteiger partial charge in [0.1, 0.15) is 11.1 Å². The van der Waals surface area contributed by atoms with Crippen molar-refractivity contribution in [3.05, 3.63) is 0 Å². The molecule has 1 aliphatic heterocycles. The molecule has 3 amide bonds. The van der Waals surface area contributed by atoms with Crippen molar-refractivity contribution < 1.29 is 28.4 Å². The first kappa shape index (κ1) is 32.4. The largest absolute Gasteiger partial charge is 0.457 e. The van der Waals surface area contributed by atoms with Crippen LogP contribution in [0.5, 0.6) is 0 Å². The Kier molecular flexibility index (Phi) is 9.69. The highest BCUT2D eigenvalue weighted by atomic mass is 16.7. The van der Waals surface area contributed by atoms with Crippen molar-refractivity contribution in [3.8, 4) is 0 Å². The van der Waals surface area contributed by atoms with E-state index >= 15 is 0 Å². The number of hydrogen-bond donors (Lipinski definition) is 2. The van der Waals surface area contributed by atoms with Crippen molar-refractivity contribution in [2.24, 2.45) is 5.92 Å². The number of carbonyl (C=O) groups is 3. The molecule has 0 bridgehead atoms. The molecule has 1 saturated carbocycles. The zero-order valence-electron chi connectivity index (χ0n) is 25.9. The molecule has 0 spiro atoms. The molecule has 2 N–H and O–H groups in total. The quantitative estimate of drug-likeness (QED) is 0.436. The highest BCUT2D eigenvalue weighted by Crippen LogP contribution is 2.44. The summed E-state index contributed by atoms with van der Waals surface area (Å²) >= 11 is 0. The topological polar surface area (TPSA) is 106 Å². The van der Waals surface area contributed by atoms with Crippen LogP contribution in [0.4, 0.5) is 4.79 Å². The molecule has 2 rings (SSSR count). The normalized spacial score (nSPS) is 26.7. The Morgan fingerprint density at radius 3 is 2.03 bits per heavy atom. The van der Waals surface area contributed by atoms with Crippen LogP contribution >= 0.6 is 0 Å². The van der Waals surface area contributed by atoms with Crippen molar-refractivity contribution >= 4 is 25.0 Å². The fourth-order valence-electron chi connectivity index (χ4n) is 5.48. The smallest absolute Gasteiger partial charge is 0.444 e. The summed E-state index contributed by atoms with van der Waals surface area (Å²) in [5, 5.41) is 6.13. The van der Waals surface area contributed by atoms with Gasteiger partial charge in [0.05, 0.1) is 11.2 Å². The van der Waals surface area contributed by atoms with Gasteiger partial charge in [0.2, 0.25) is 11.8 Å². The van der Waals surface area contributed by atoms with Crippen LogP contribution in [-0.2, 0) is 23.6 Å². The van der Waals surface area contributed by atoms with E-state index in [0.717, 1.165) is 6.42 Å². The Labute approximate surface area is 230 Å². The van der Waals surface area contributed by atoms with Crippen LogP contribution in [-0.4, -0.2) is 70.4 Å². The molecule has 2 aliphatic rings. The van der Waals surface area contributed by atoms with Gasteiger partial charge in [-0.05, 0) is 101 Å². The maximum Gasteiger partial charge on any atom is 0.457 e. The molecule has 0 aromatic carbocycles. The van der Waals surface area contributed by atoms with E-state index in [0.29, 0.717) is 32.1 Å².